The molecule has 0 saturated carbocycles. The van der Waals surface area contributed by atoms with Gasteiger partial charge in [0.05, 0.1) is 5.75 Å². The van der Waals surface area contributed by atoms with Crippen molar-refractivity contribution >= 4 is 56.2 Å². The van der Waals surface area contributed by atoms with Gasteiger partial charge in [0, 0.05) is 22.0 Å². The Balaban J connectivity index is 1.50. The average Bonchev–Trinajstić information content (AvgIpc) is 3.15. The summed E-state index contributed by atoms with van der Waals surface area (Å²) >= 11 is 2.68. The number of aromatic amines is 1. The van der Waals surface area contributed by atoms with Crippen LogP contribution in [0.1, 0.15) is 10.4 Å². The monoisotopic (exact) mass is 370 g/mol. The van der Waals surface area contributed by atoms with Gasteiger partial charge in [-0.1, -0.05) is 23.4 Å². The highest BCUT2D eigenvalue weighted by molar-refractivity contribution is 7.99. The molecule has 7 nitrogen and oxygen atoms in total. The molecule has 0 saturated heterocycles. The summed E-state index contributed by atoms with van der Waals surface area (Å²) in [6.45, 7) is 3.98. The van der Waals surface area contributed by atoms with Crippen LogP contribution in [0.25, 0.3) is 22.1 Å². The number of fused-ring (bicyclic) bond motifs is 3. The standard InChI is InChI=1S/C16H14N6OS2/c1-8-3-4-11-10(5-8)13-14(18-11)20-16(22-21-13)24-7-12(23)19-15-17-6-9(2)25-15/h3-6H,7H2,1-2H3,(H,17,19,23)(H,18,20,22). The fourth-order valence-electron chi connectivity index (χ4n) is 2.43. The van der Waals surface area contributed by atoms with Crippen molar-refractivity contribution in [2.45, 2.75) is 19.0 Å². The summed E-state index contributed by atoms with van der Waals surface area (Å²) in [7, 11) is 0. The summed E-state index contributed by atoms with van der Waals surface area (Å²) in [6.07, 6.45) is 1.73. The number of nitrogens with one attached hydrogen (secondary N) is 2. The van der Waals surface area contributed by atoms with Gasteiger partial charge in [-0.05, 0) is 26.0 Å². The lowest BCUT2D eigenvalue weighted by atomic mass is 10.2. The lowest BCUT2D eigenvalue weighted by molar-refractivity contribution is -0.113. The minimum absolute atomic E-state index is 0.143. The first-order chi connectivity index (χ1) is 12.1. The first kappa shape index (κ1) is 16.0. The van der Waals surface area contributed by atoms with E-state index in [0.29, 0.717) is 15.9 Å². The maximum absolute atomic E-state index is 12.0. The predicted octanol–water partition coefficient (Wildman–Crippen LogP) is 3.31. The van der Waals surface area contributed by atoms with E-state index in [1.165, 1.54) is 23.1 Å². The summed E-state index contributed by atoms with van der Waals surface area (Å²) < 4.78 is 0. The number of hydrogen-bond acceptors (Lipinski definition) is 7. The molecule has 0 spiro atoms. The Bertz CT molecular complexity index is 1090. The van der Waals surface area contributed by atoms with Gasteiger partial charge >= 0.3 is 0 Å². The zero-order chi connectivity index (χ0) is 17.4. The number of thioether (sulfide) groups is 1. The summed E-state index contributed by atoms with van der Waals surface area (Å²) in [5, 5.41) is 13.2. The molecule has 9 heteroatoms. The highest BCUT2D eigenvalue weighted by Gasteiger charge is 2.12. The molecule has 0 aliphatic rings. The summed E-state index contributed by atoms with van der Waals surface area (Å²) in [5.41, 5.74) is 3.55. The molecule has 25 heavy (non-hydrogen) atoms. The van der Waals surface area contributed by atoms with Crippen molar-refractivity contribution in [3.05, 3.63) is 34.8 Å². The molecule has 0 fully saturated rings. The molecule has 4 rings (SSSR count). The molecule has 0 aliphatic carbocycles. The van der Waals surface area contributed by atoms with Crippen LogP contribution < -0.4 is 5.32 Å². The predicted molar refractivity (Wildman–Crippen MR) is 100 cm³/mol. The molecule has 2 N–H and O–H groups in total. The van der Waals surface area contributed by atoms with Gasteiger partial charge in [0.25, 0.3) is 0 Å². The Morgan fingerprint density at radius 2 is 2.20 bits per heavy atom. The molecule has 0 radical (unpaired) electrons. The number of rotatable bonds is 4. The number of anilines is 1. The van der Waals surface area contributed by atoms with Gasteiger partial charge in [0.1, 0.15) is 5.52 Å². The molecule has 4 aromatic rings. The van der Waals surface area contributed by atoms with Crippen LogP contribution in [-0.4, -0.2) is 36.8 Å². The number of nitrogens with zero attached hydrogens (tertiary/aromatic N) is 4. The number of benzene rings is 1. The van der Waals surface area contributed by atoms with Gasteiger partial charge in [0.2, 0.25) is 11.1 Å². The number of amides is 1. The van der Waals surface area contributed by atoms with E-state index in [1.54, 1.807) is 6.20 Å². The number of aryl methyl sites for hydroxylation is 2. The van der Waals surface area contributed by atoms with Crippen molar-refractivity contribution in [1.29, 1.82) is 0 Å². The van der Waals surface area contributed by atoms with Crippen molar-refractivity contribution in [3.63, 3.8) is 0 Å². The topological polar surface area (TPSA) is 96.5 Å². The fraction of sp³-hybridized carbons (Fsp3) is 0.188. The van der Waals surface area contributed by atoms with E-state index in [9.17, 15) is 4.79 Å². The van der Waals surface area contributed by atoms with E-state index < -0.39 is 0 Å². The third-order valence-corrected chi connectivity index (χ3v) is 5.22. The smallest absolute Gasteiger partial charge is 0.236 e. The minimum Gasteiger partial charge on any atom is -0.338 e. The van der Waals surface area contributed by atoms with E-state index in [1.807, 2.05) is 26.0 Å². The molecule has 3 aromatic heterocycles. The molecular formula is C16H14N6OS2. The number of thiazole rings is 1. The Kier molecular flexibility index (Phi) is 4.10. The van der Waals surface area contributed by atoms with Crippen LogP contribution in [0.2, 0.25) is 0 Å². The number of H-pyrrole nitrogens is 1. The fourth-order valence-corrected chi connectivity index (χ4v) is 3.70. The van der Waals surface area contributed by atoms with Crippen LogP contribution in [0.4, 0.5) is 5.13 Å². The molecule has 1 aromatic carbocycles. The summed E-state index contributed by atoms with van der Waals surface area (Å²) in [5.74, 6) is 0.0563. The van der Waals surface area contributed by atoms with Crippen LogP contribution in [0, 0.1) is 13.8 Å². The van der Waals surface area contributed by atoms with Gasteiger partial charge in [0.15, 0.2) is 10.8 Å². The van der Waals surface area contributed by atoms with E-state index in [-0.39, 0.29) is 11.7 Å². The second-order valence-electron chi connectivity index (χ2n) is 5.58. The second kappa shape index (κ2) is 6.41. The zero-order valence-electron chi connectivity index (χ0n) is 13.5. The number of hydrogen-bond donors (Lipinski definition) is 2. The van der Waals surface area contributed by atoms with Crippen molar-refractivity contribution in [2.24, 2.45) is 0 Å². The van der Waals surface area contributed by atoms with Crippen molar-refractivity contribution in [2.75, 3.05) is 11.1 Å². The Labute approximate surface area is 151 Å². The van der Waals surface area contributed by atoms with Crippen molar-refractivity contribution in [1.82, 2.24) is 25.1 Å². The summed E-state index contributed by atoms with van der Waals surface area (Å²) in [4.78, 5) is 24.9. The SMILES string of the molecule is Cc1ccc2[nH]c3nc(SCC(=O)Nc4ncc(C)s4)nnc3c2c1. The largest absolute Gasteiger partial charge is 0.338 e. The van der Waals surface area contributed by atoms with Crippen molar-refractivity contribution in [3.8, 4) is 0 Å². The highest BCUT2D eigenvalue weighted by Crippen LogP contribution is 2.24. The first-order valence-corrected chi connectivity index (χ1v) is 9.36. The van der Waals surface area contributed by atoms with Crippen LogP contribution >= 0.6 is 23.1 Å². The van der Waals surface area contributed by atoms with Gasteiger partial charge in [-0.2, -0.15) is 0 Å². The molecule has 1 amide bonds. The maximum Gasteiger partial charge on any atom is 0.236 e. The van der Waals surface area contributed by atoms with Gasteiger partial charge in [-0.3, -0.25) is 4.79 Å². The first-order valence-electron chi connectivity index (χ1n) is 7.56. The molecule has 0 unspecified atom stereocenters. The van der Waals surface area contributed by atoms with Gasteiger partial charge in [-0.15, -0.1) is 21.5 Å². The lowest BCUT2D eigenvalue weighted by Crippen LogP contribution is -2.14. The van der Waals surface area contributed by atoms with Gasteiger partial charge in [-0.25, -0.2) is 9.97 Å². The Morgan fingerprint density at radius 3 is 3.00 bits per heavy atom. The quantitative estimate of drug-likeness (QED) is 0.535. The van der Waals surface area contributed by atoms with Crippen LogP contribution in [0.5, 0.6) is 0 Å². The molecule has 0 bridgehead atoms. The van der Waals surface area contributed by atoms with E-state index in [0.717, 1.165) is 26.9 Å². The second-order valence-corrected chi connectivity index (χ2v) is 7.76. The normalized spacial score (nSPS) is 11.3. The number of carbonyl (C=O) groups is 1. The number of carbonyl (C=O) groups excluding carboxylic acids is 1. The van der Waals surface area contributed by atoms with E-state index in [4.69, 9.17) is 0 Å². The molecule has 0 atom stereocenters. The Morgan fingerprint density at radius 1 is 1.32 bits per heavy atom. The highest BCUT2D eigenvalue weighted by atomic mass is 32.2. The summed E-state index contributed by atoms with van der Waals surface area (Å²) in [6, 6.07) is 6.09. The van der Waals surface area contributed by atoms with Crippen LogP contribution in [0.3, 0.4) is 0 Å². The molecular weight excluding hydrogens is 356 g/mol. The maximum atomic E-state index is 12.0. The molecule has 126 valence electrons. The third kappa shape index (κ3) is 3.33. The van der Waals surface area contributed by atoms with Crippen molar-refractivity contribution < 1.29 is 4.79 Å². The molecule has 0 aliphatic heterocycles. The zero-order valence-corrected chi connectivity index (χ0v) is 15.2. The third-order valence-electron chi connectivity index (χ3n) is 3.55. The van der Waals surface area contributed by atoms with E-state index >= 15 is 0 Å². The minimum atomic E-state index is -0.143. The average molecular weight is 370 g/mol. The van der Waals surface area contributed by atoms with Gasteiger partial charge < -0.3 is 10.3 Å². The Hall–Kier alpha value is -2.52. The van der Waals surface area contributed by atoms with Crippen LogP contribution in [0.15, 0.2) is 29.6 Å². The molecule has 3 heterocycles. The number of aromatic nitrogens is 5. The van der Waals surface area contributed by atoms with E-state index in [2.05, 4.69) is 36.5 Å². The lowest BCUT2D eigenvalue weighted by Gasteiger charge is -2.00. The van der Waals surface area contributed by atoms with Crippen LogP contribution in [-0.2, 0) is 4.79 Å².